The number of carbonyl (C=O) groups is 1. The van der Waals surface area contributed by atoms with Crippen LogP contribution in [-0.4, -0.2) is 36.4 Å². The molecule has 37 heavy (non-hydrogen) atoms. The number of aromatic nitrogens is 1. The minimum absolute atomic E-state index is 0.276. The SMILES string of the molecule is COc1cc(/C=C/c2ccncc2)ccc1OCCCCCCCCCCOc1ccc(C(=O)O)cc1. The molecule has 0 spiro atoms. The topological polar surface area (TPSA) is 77.9 Å². The molecule has 0 aliphatic carbocycles. The van der Waals surface area contributed by atoms with E-state index < -0.39 is 5.97 Å². The average molecular weight is 504 g/mol. The number of ether oxygens (including phenoxy) is 3. The van der Waals surface area contributed by atoms with Crippen LogP contribution in [-0.2, 0) is 0 Å². The molecule has 0 atom stereocenters. The predicted molar refractivity (Wildman–Crippen MR) is 147 cm³/mol. The Hall–Kier alpha value is -3.80. The van der Waals surface area contributed by atoms with E-state index in [4.69, 9.17) is 19.3 Å². The number of carboxylic acid groups (broad SMARTS) is 1. The smallest absolute Gasteiger partial charge is 0.335 e. The van der Waals surface area contributed by atoms with Crippen molar-refractivity contribution in [2.45, 2.75) is 51.4 Å². The first-order valence-corrected chi connectivity index (χ1v) is 13.0. The maximum atomic E-state index is 10.9. The second-order valence-electron chi connectivity index (χ2n) is 8.88. The summed E-state index contributed by atoms with van der Waals surface area (Å²) in [6, 6.07) is 16.5. The van der Waals surface area contributed by atoms with Gasteiger partial charge in [-0.15, -0.1) is 0 Å². The highest BCUT2D eigenvalue weighted by atomic mass is 16.5. The molecule has 0 unspecified atom stereocenters. The third kappa shape index (κ3) is 10.4. The molecule has 0 amide bonds. The van der Waals surface area contributed by atoms with Gasteiger partial charge < -0.3 is 19.3 Å². The van der Waals surface area contributed by atoms with Crippen molar-refractivity contribution >= 4 is 18.1 Å². The summed E-state index contributed by atoms with van der Waals surface area (Å²) < 4.78 is 17.2. The Morgan fingerprint density at radius 3 is 1.95 bits per heavy atom. The lowest BCUT2D eigenvalue weighted by molar-refractivity contribution is 0.0697. The van der Waals surface area contributed by atoms with E-state index in [1.54, 1.807) is 43.8 Å². The van der Waals surface area contributed by atoms with E-state index in [-0.39, 0.29) is 5.56 Å². The van der Waals surface area contributed by atoms with Gasteiger partial charge in [-0.2, -0.15) is 0 Å². The maximum Gasteiger partial charge on any atom is 0.335 e. The molecule has 2 aromatic carbocycles. The first-order chi connectivity index (χ1) is 18.2. The maximum absolute atomic E-state index is 10.9. The zero-order valence-electron chi connectivity index (χ0n) is 21.6. The first-order valence-electron chi connectivity index (χ1n) is 13.0. The molecule has 0 aliphatic rings. The summed E-state index contributed by atoms with van der Waals surface area (Å²) in [6.07, 6.45) is 16.9. The Kier molecular flexibility index (Phi) is 12.0. The van der Waals surface area contributed by atoms with Crippen molar-refractivity contribution in [3.63, 3.8) is 0 Å². The number of unbranched alkanes of at least 4 members (excludes halogenated alkanes) is 7. The molecular formula is C31H37NO5. The highest BCUT2D eigenvalue weighted by molar-refractivity contribution is 5.87. The molecule has 0 aliphatic heterocycles. The van der Waals surface area contributed by atoms with Crippen LogP contribution >= 0.6 is 0 Å². The zero-order valence-corrected chi connectivity index (χ0v) is 21.6. The van der Waals surface area contributed by atoms with Crippen LogP contribution in [0, 0.1) is 0 Å². The number of benzene rings is 2. The lowest BCUT2D eigenvalue weighted by Crippen LogP contribution is -2.00. The van der Waals surface area contributed by atoms with Crippen LogP contribution < -0.4 is 14.2 Å². The summed E-state index contributed by atoms with van der Waals surface area (Å²) in [7, 11) is 1.67. The molecule has 6 nitrogen and oxygen atoms in total. The zero-order chi connectivity index (χ0) is 26.1. The molecule has 1 aromatic heterocycles. The predicted octanol–water partition coefficient (Wildman–Crippen LogP) is 7.54. The summed E-state index contributed by atoms with van der Waals surface area (Å²) in [5, 5.41) is 8.92. The van der Waals surface area contributed by atoms with Crippen molar-refractivity contribution in [2.75, 3.05) is 20.3 Å². The number of nitrogens with zero attached hydrogens (tertiary/aromatic N) is 1. The van der Waals surface area contributed by atoms with Gasteiger partial charge in [-0.05, 0) is 72.5 Å². The van der Waals surface area contributed by atoms with Crippen molar-refractivity contribution in [3.8, 4) is 17.2 Å². The number of pyridine rings is 1. The molecule has 0 saturated carbocycles. The van der Waals surface area contributed by atoms with Gasteiger partial charge in [0.05, 0.1) is 25.9 Å². The van der Waals surface area contributed by atoms with Crippen LogP contribution in [0.1, 0.15) is 72.9 Å². The summed E-state index contributed by atoms with van der Waals surface area (Å²) in [5.41, 5.74) is 2.44. The molecule has 0 saturated heterocycles. The van der Waals surface area contributed by atoms with Crippen LogP contribution in [0.15, 0.2) is 67.0 Å². The monoisotopic (exact) mass is 503 g/mol. The molecule has 3 rings (SSSR count). The fourth-order valence-electron chi connectivity index (χ4n) is 3.90. The van der Waals surface area contributed by atoms with Gasteiger partial charge >= 0.3 is 5.97 Å². The first kappa shape index (κ1) is 27.8. The van der Waals surface area contributed by atoms with E-state index in [2.05, 4.69) is 17.1 Å². The number of methoxy groups -OCH3 is 1. The summed E-state index contributed by atoms with van der Waals surface area (Å²) >= 11 is 0. The normalized spacial score (nSPS) is 10.9. The van der Waals surface area contributed by atoms with Gasteiger partial charge in [0.2, 0.25) is 0 Å². The van der Waals surface area contributed by atoms with Crippen molar-refractivity contribution in [1.82, 2.24) is 4.98 Å². The molecule has 0 radical (unpaired) electrons. The van der Waals surface area contributed by atoms with Crippen LogP contribution in [0.4, 0.5) is 0 Å². The van der Waals surface area contributed by atoms with E-state index in [1.165, 1.54) is 25.7 Å². The minimum atomic E-state index is -0.921. The minimum Gasteiger partial charge on any atom is -0.494 e. The second kappa shape index (κ2) is 16.0. The Morgan fingerprint density at radius 1 is 0.730 bits per heavy atom. The number of carboxylic acids is 1. The van der Waals surface area contributed by atoms with Crippen LogP contribution in [0.25, 0.3) is 12.2 Å². The van der Waals surface area contributed by atoms with Crippen LogP contribution in [0.3, 0.4) is 0 Å². The fourth-order valence-corrected chi connectivity index (χ4v) is 3.90. The highest BCUT2D eigenvalue weighted by Crippen LogP contribution is 2.29. The summed E-state index contributed by atoms with van der Waals surface area (Å²) in [5.74, 6) is 1.33. The molecule has 196 valence electrons. The fraction of sp³-hybridized carbons (Fsp3) is 0.355. The van der Waals surface area contributed by atoms with Gasteiger partial charge in [0.25, 0.3) is 0 Å². The van der Waals surface area contributed by atoms with Crippen molar-refractivity contribution in [3.05, 3.63) is 83.7 Å². The Balaban J connectivity index is 1.21. The molecule has 6 heteroatoms. The molecule has 0 bridgehead atoms. The van der Waals surface area contributed by atoms with Crippen molar-refractivity contribution in [1.29, 1.82) is 0 Å². The lowest BCUT2D eigenvalue weighted by Gasteiger charge is -2.11. The van der Waals surface area contributed by atoms with Gasteiger partial charge in [0, 0.05) is 12.4 Å². The van der Waals surface area contributed by atoms with Crippen LogP contribution in [0.5, 0.6) is 17.2 Å². The van der Waals surface area contributed by atoms with E-state index in [0.717, 1.165) is 54.1 Å². The van der Waals surface area contributed by atoms with Gasteiger partial charge in [-0.1, -0.05) is 56.7 Å². The highest BCUT2D eigenvalue weighted by Gasteiger charge is 2.05. The van der Waals surface area contributed by atoms with E-state index in [9.17, 15) is 4.79 Å². The van der Waals surface area contributed by atoms with Crippen molar-refractivity contribution in [2.24, 2.45) is 0 Å². The molecular weight excluding hydrogens is 466 g/mol. The number of hydrogen-bond acceptors (Lipinski definition) is 5. The van der Waals surface area contributed by atoms with E-state index in [0.29, 0.717) is 13.2 Å². The van der Waals surface area contributed by atoms with E-state index in [1.807, 2.05) is 30.3 Å². The van der Waals surface area contributed by atoms with Gasteiger partial charge in [-0.25, -0.2) is 4.79 Å². The number of hydrogen-bond donors (Lipinski definition) is 1. The van der Waals surface area contributed by atoms with Gasteiger partial charge in [0.1, 0.15) is 5.75 Å². The Labute approximate surface area is 219 Å². The third-order valence-electron chi connectivity index (χ3n) is 6.03. The molecule has 1 heterocycles. The van der Waals surface area contributed by atoms with Crippen LogP contribution in [0.2, 0.25) is 0 Å². The third-order valence-corrected chi connectivity index (χ3v) is 6.03. The Morgan fingerprint density at radius 2 is 1.32 bits per heavy atom. The number of aromatic carboxylic acids is 1. The number of rotatable bonds is 17. The quantitative estimate of drug-likeness (QED) is 0.192. The summed E-state index contributed by atoms with van der Waals surface area (Å²) in [6.45, 7) is 1.35. The van der Waals surface area contributed by atoms with Gasteiger partial charge in [0.15, 0.2) is 11.5 Å². The largest absolute Gasteiger partial charge is 0.494 e. The summed E-state index contributed by atoms with van der Waals surface area (Å²) in [4.78, 5) is 14.9. The standard InChI is InChI=1S/C31H37NO5/c1-35-30-24-26(11-10-25-18-20-32-21-19-25)12-17-29(30)37-23-9-7-5-3-2-4-6-8-22-36-28-15-13-27(14-16-28)31(33)34/h10-21,24H,2-9,22-23H2,1H3,(H,33,34)/b11-10+. The average Bonchev–Trinajstić information content (AvgIpc) is 2.93. The molecule has 3 aromatic rings. The second-order valence-corrected chi connectivity index (χ2v) is 8.88. The van der Waals surface area contributed by atoms with Gasteiger partial charge in [-0.3, -0.25) is 4.98 Å². The molecule has 1 N–H and O–H groups in total. The Bertz CT molecular complexity index is 1100. The van der Waals surface area contributed by atoms with E-state index >= 15 is 0 Å². The molecule has 0 fully saturated rings. The van der Waals surface area contributed by atoms with Crippen molar-refractivity contribution < 1.29 is 24.1 Å². The lowest BCUT2D eigenvalue weighted by atomic mass is 10.1.